The molecular formula is C5H10N2O. The molecule has 2 unspecified atom stereocenters. The molecule has 0 saturated carbocycles. The standard InChI is InChI=1S/C5H10N2O/c1-4-3-5(6)7(2)8-4/h4-5H,3H2,1-2H3. The second-order valence-electron chi connectivity index (χ2n) is 2.18. The van der Waals surface area contributed by atoms with Gasteiger partial charge in [0.2, 0.25) is 0 Å². The van der Waals surface area contributed by atoms with Crippen molar-refractivity contribution in [2.75, 3.05) is 7.05 Å². The molecule has 1 saturated heterocycles. The number of hydrogen-bond acceptors (Lipinski definition) is 2. The molecule has 1 heterocycles. The first-order valence-electron chi connectivity index (χ1n) is 2.78. The molecule has 3 heteroatoms. The summed E-state index contributed by atoms with van der Waals surface area (Å²) in [5.41, 5.74) is 8.97. The predicted octanol–water partition coefficient (Wildman–Crippen LogP) is 0.0368. The molecule has 0 amide bonds. The van der Waals surface area contributed by atoms with E-state index in [1.54, 1.807) is 7.05 Å². The van der Waals surface area contributed by atoms with Gasteiger partial charge in [0.25, 0.3) is 0 Å². The molecule has 0 N–H and O–H groups in total. The molecule has 1 aliphatic heterocycles. The van der Waals surface area contributed by atoms with Crippen LogP contribution in [0.5, 0.6) is 0 Å². The van der Waals surface area contributed by atoms with Crippen LogP contribution >= 0.6 is 0 Å². The SMILES string of the molecule is CC1CC([N])N(C)O1. The van der Waals surface area contributed by atoms with Crippen LogP contribution in [0.1, 0.15) is 13.3 Å². The van der Waals surface area contributed by atoms with Gasteiger partial charge in [-0.1, -0.05) is 0 Å². The molecule has 0 spiro atoms. The largest absolute Gasteiger partial charge is 0.295 e. The van der Waals surface area contributed by atoms with Crippen LogP contribution in [0.15, 0.2) is 0 Å². The van der Waals surface area contributed by atoms with E-state index in [1.165, 1.54) is 5.06 Å². The summed E-state index contributed by atoms with van der Waals surface area (Å²) < 4.78 is 0. The molecule has 2 radical (unpaired) electrons. The minimum absolute atomic E-state index is 0.176. The Morgan fingerprint density at radius 3 is 2.50 bits per heavy atom. The van der Waals surface area contributed by atoms with E-state index in [1.807, 2.05) is 6.92 Å². The molecule has 0 bridgehead atoms. The third kappa shape index (κ3) is 0.992. The van der Waals surface area contributed by atoms with Crippen LogP contribution < -0.4 is 5.73 Å². The van der Waals surface area contributed by atoms with Crippen molar-refractivity contribution in [3.63, 3.8) is 0 Å². The van der Waals surface area contributed by atoms with E-state index in [-0.39, 0.29) is 6.10 Å². The zero-order chi connectivity index (χ0) is 6.15. The lowest BCUT2D eigenvalue weighted by Crippen LogP contribution is -2.24. The monoisotopic (exact) mass is 114 g/mol. The highest BCUT2D eigenvalue weighted by atomic mass is 16.7. The molecule has 46 valence electrons. The van der Waals surface area contributed by atoms with Crippen LogP contribution in [0, 0.1) is 0 Å². The topological polar surface area (TPSA) is 34.8 Å². The van der Waals surface area contributed by atoms with E-state index in [0.717, 1.165) is 6.42 Å². The molecule has 1 aliphatic rings. The van der Waals surface area contributed by atoms with E-state index in [2.05, 4.69) is 0 Å². The van der Waals surface area contributed by atoms with Crippen LogP contribution in [0.2, 0.25) is 0 Å². The zero-order valence-electron chi connectivity index (χ0n) is 5.16. The predicted molar refractivity (Wildman–Crippen MR) is 28.8 cm³/mol. The van der Waals surface area contributed by atoms with Gasteiger partial charge in [-0.05, 0) is 6.92 Å². The molecule has 0 aromatic heterocycles. The molecule has 1 rings (SSSR count). The number of hydrogen-bond donors (Lipinski definition) is 0. The van der Waals surface area contributed by atoms with Crippen molar-refractivity contribution in [3.8, 4) is 0 Å². The molecule has 0 aliphatic carbocycles. The van der Waals surface area contributed by atoms with Gasteiger partial charge in [0.05, 0.1) is 6.10 Å². The van der Waals surface area contributed by atoms with Crippen LogP contribution in [-0.2, 0) is 4.84 Å². The second kappa shape index (κ2) is 2.01. The van der Waals surface area contributed by atoms with Gasteiger partial charge in [0, 0.05) is 13.5 Å². The Balaban J connectivity index is 2.39. The van der Waals surface area contributed by atoms with Crippen LogP contribution in [0.25, 0.3) is 0 Å². The molecule has 0 aromatic carbocycles. The summed E-state index contributed by atoms with van der Waals surface area (Å²) in [6.45, 7) is 1.94. The van der Waals surface area contributed by atoms with Crippen LogP contribution in [0.4, 0.5) is 0 Å². The van der Waals surface area contributed by atoms with Gasteiger partial charge >= 0.3 is 0 Å². The Morgan fingerprint density at radius 1 is 1.75 bits per heavy atom. The van der Waals surface area contributed by atoms with Gasteiger partial charge in [-0.25, -0.2) is 0 Å². The number of nitrogens with zero attached hydrogens (tertiary/aromatic N) is 2. The maximum Gasteiger partial charge on any atom is 0.121 e. The number of rotatable bonds is 0. The average Bonchev–Trinajstić information content (AvgIpc) is 1.85. The van der Waals surface area contributed by atoms with Crippen molar-refractivity contribution >= 4 is 0 Å². The van der Waals surface area contributed by atoms with Crippen molar-refractivity contribution in [2.45, 2.75) is 25.6 Å². The fraction of sp³-hybridized carbons (Fsp3) is 1.00. The van der Waals surface area contributed by atoms with Crippen LogP contribution in [-0.4, -0.2) is 24.4 Å². The third-order valence-electron chi connectivity index (χ3n) is 1.31. The Hall–Kier alpha value is -0.120. The highest BCUT2D eigenvalue weighted by Crippen LogP contribution is 2.14. The third-order valence-corrected chi connectivity index (χ3v) is 1.31. The highest BCUT2D eigenvalue weighted by Gasteiger charge is 2.25. The maximum absolute atomic E-state index is 8.97. The summed E-state index contributed by atoms with van der Waals surface area (Å²) in [5, 5.41) is 1.48. The Labute approximate surface area is 49.4 Å². The van der Waals surface area contributed by atoms with E-state index in [4.69, 9.17) is 10.6 Å². The summed E-state index contributed by atoms with van der Waals surface area (Å²) in [6, 6.07) is 0. The summed E-state index contributed by atoms with van der Waals surface area (Å²) >= 11 is 0. The molecule has 8 heavy (non-hydrogen) atoms. The quantitative estimate of drug-likeness (QED) is 0.445. The first kappa shape index (κ1) is 6.01. The van der Waals surface area contributed by atoms with Crippen molar-refractivity contribution in [1.82, 2.24) is 10.8 Å². The summed E-state index contributed by atoms with van der Waals surface area (Å²) in [5.74, 6) is 0. The average molecular weight is 114 g/mol. The van der Waals surface area contributed by atoms with Crippen molar-refractivity contribution in [3.05, 3.63) is 0 Å². The highest BCUT2D eigenvalue weighted by molar-refractivity contribution is 4.65. The molecular weight excluding hydrogens is 104 g/mol. The Morgan fingerprint density at radius 2 is 2.38 bits per heavy atom. The summed E-state index contributed by atoms with van der Waals surface area (Å²) in [6.07, 6.45) is 0.497. The fourth-order valence-electron chi connectivity index (χ4n) is 0.842. The summed E-state index contributed by atoms with van der Waals surface area (Å²) in [7, 11) is 1.73. The zero-order valence-corrected chi connectivity index (χ0v) is 5.16. The summed E-state index contributed by atoms with van der Waals surface area (Å²) in [4.78, 5) is 5.06. The van der Waals surface area contributed by atoms with Gasteiger partial charge in [0.1, 0.15) is 6.17 Å². The van der Waals surface area contributed by atoms with E-state index in [9.17, 15) is 0 Å². The van der Waals surface area contributed by atoms with Gasteiger partial charge in [-0.3, -0.25) is 4.84 Å². The van der Waals surface area contributed by atoms with Gasteiger partial charge < -0.3 is 0 Å². The number of hydroxylamine groups is 2. The first-order valence-corrected chi connectivity index (χ1v) is 2.78. The lowest BCUT2D eigenvalue weighted by atomic mass is 10.3. The smallest absolute Gasteiger partial charge is 0.121 e. The van der Waals surface area contributed by atoms with Crippen LogP contribution in [0.3, 0.4) is 0 Å². The molecule has 2 atom stereocenters. The van der Waals surface area contributed by atoms with Crippen molar-refractivity contribution < 1.29 is 4.84 Å². The maximum atomic E-state index is 8.97. The fourth-order valence-corrected chi connectivity index (χ4v) is 0.842. The van der Waals surface area contributed by atoms with Crippen molar-refractivity contribution in [1.29, 1.82) is 0 Å². The first-order chi connectivity index (χ1) is 3.70. The Kier molecular flexibility index (Phi) is 1.51. The second-order valence-corrected chi connectivity index (χ2v) is 2.18. The molecule has 3 nitrogen and oxygen atoms in total. The van der Waals surface area contributed by atoms with Gasteiger partial charge in [-0.2, -0.15) is 5.06 Å². The van der Waals surface area contributed by atoms with Crippen molar-refractivity contribution in [2.24, 2.45) is 0 Å². The minimum Gasteiger partial charge on any atom is -0.295 e. The lowest BCUT2D eigenvalue weighted by Gasteiger charge is -2.09. The van der Waals surface area contributed by atoms with Gasteiger partial charge in [0.15, 0.2) is 0 Å². The normalized spacial score (nSPS) is 40.9. The lowest BCUT2D eigenvalue weighted by molar-refractivity contribution is -0.138. The molecule has 1 fully saturated rings. The van der Waals surface area contributed by atoms with E-state index < -0.39 is 6.17 Å². The van der Waals surface area contributed by atoms with E-state index in [0.29, 0.717) is 0 Å². The minimum atomic E-state index is -0.398. The Bertz CT molecular complexity index is 76.5. The van der Waals surface area contributed by atoms with Gasteiger partial charge in [-0.15, -0.1) is 5.73 Å². The molecule has 0 aromatic rings. The van der Waals surface area contributed by atoms with E-state index >= 15 is 0 Å².